The highest BCUT2D eigenvalue weighted by atomic mass is 16.6. The van der Waals surface area contributed by atoms with E-state index in [4.69, 9.17) is 9.84 Å². The van der Waals surface area contributed by atoms with E-state index in [2.05, 4.69) is 0 Å². The van der Waals surface area contributed by atoms with E-state index in [1.54, 1.807) is 11.9 Å². The molecule has 0 amide bonds. The van der Waals surface area contributed by atoms with Gasteiger partial charge < -0.3 is 14.7 Å². The minimum atomic E-state index is -1.17. The zero-order chi connectivity index (χ0) is 15.4. The van der Waals surface area contributed by atoms with Crippen LogP contribution in [0.3, 0.4) is 0 Å². The summed E-state index contributed by atoms with van der Waals surface area (Å²) < 4.78 is 5.41. The van der Waals surface area contributed by atoms with Gasteiger partial charge in [0.25, 0.3) is 5.69 Å². The van der Waals surface area contributed by atoms with Gasteiger partial charge in [-0.1, -0.05) is 0 Å². The Morgan fingerprint density at radius 2 is 2.33 bits per heavy atom. The molecule has 1 aliphatic heterocycles. The SMILES string of the molecule is CN(CC1CCCOC1)c1ccc(C(=O)O)cc1[N+](=O)[O-]. The van der Waals surface area contributed by atoms with Gasteiger partial charge in [0.15, 0.2) is 0 Å². The number of rotatable bonds is 5. The molecule has 1 saturated heterocycles. The number of ether oxygens (including phenoxy) is 1. The highest BCUT2D eigenvalue weighted by Gasteiger charge is 2.23. The maximum absolute atomic E-state index is 11.2. The second kappa shape index (κ2) is 6.53. The van der Waals surface area contributed by atoms with Gasteiger partial charge in [0.05, 0.1) is 17.1 Å². The predicted octanol–water partition coefficient (Wildman–Crippen LogP) is 2.16. The standard InChI is InChI=1S/C14H18N2O5/c1-15(8-10-3-2-6-21-9-10)12-5-4-11(14(17)18)7-13(12)16(19)20/h4-5,7,10H,2-3,6,8-9H2,1H3,(H,17,18). The molecular weight excluding hydrogens is 276 g/mol. The molecule has 0 radical (unpaired) electrons. The summed E-state index contributed by atoms with van der Waals surface area (Å²) in [5.74, 6) is -0.838. The quantitative estimate of drug-likeness (QED) is 0.660. The summed E-state index contributed by atoms with van der Waals surface area (Å²) in [6.07, 6.45) is 2.03. The van der Waals surface area contributed by atoms with Crippen molar-refractivity contribution >= 4 is 17.3 Å². The van der Waals surface area contributed by atoms with Crippen molar-refractivity contribution in [2.45, 2.75) is 12.8 Å². The molecule has 0 bridgehead atoms. The van der Waals surface area contributed by atoms with Crippen LogP contribution in [0, 0.1) is 16.0 Å². The van der Waals surface area contributed by atoms with Crippen molar-refractivity contribution in [1.29, 1.82) is 0 Å². The third-order valence-corrected chi connectivity index (χ3v) is 3.62. The molecule has 1 fully saturated rings. The molecule has 0 spiro atoms. The molecule has 0 aromatic heterocycles. The molecule has 114 valence electrons. The first-order chi connectivity index (χ1) is 9.99. The number of carbonyl (C=O) groups is 1. The molecule has 1 N–H and O–H groups in total. The third-order valence-electron chi connectivity index (χ3n) is 3.62. The molecule has 7 nitrogen and oxygen atoms in total. The van der Waals surface area contributed by atoms with E-state index in [-0.39, 0.29) is 11.3 Å². The topological polar surface area (TPSA) is 92.9 Å². The average Bonchev–Trinajstić information content (AvgIpc) is 2.47. The normalized spacial score (nSPS) is 18.2. The second-order valence-electron chi connectivity index (χ2n) is 5.23. The minimum Gasteiger partial charge on any atom is -0.478 e. The van der Waals surface area contributed by atoms with Gasteiger partial charge in [-0.15, -0.1) is 0 Å². The lowest BCUT2D eigenvalue weighted by atomic mass is 10.0. The first-order valence-electron chi connectivity index (χ1n) is 6.79. The Hall–Kier alpha value is -2.15. The summed E-state index contributed by atoms with van der Waals surface area (Å²) in [7, 11) is 1.78. The average molecular weight is 294 g/mol. The molecule has 1 unspecified atom stereocenters. The Kier molecular flexibility index (Phi) is 4.74. The zero-order valence-corrected chi connectivity index (χ0v) is 11.8. The smallest absolute Gasteiger partial charge is 0.335 e. The predicted molar refractivity (Wildman–Crippen MR) is 76.9 cm³/mol. The summed E-state index contributed by atoms with van der Waals surface area (Å²) in [6, 6.07) is 3.98. The summed E-state index contributed by atoms with van der Waals surface area (Å²) in [6.45, 7) is 2.08. The minimum absolute atomic E-state index is 0.0835. The largest absolute Gasteiger partial charge is 0.478 e. The van der Waals surface area contributed by atoms with Gasteiger partial charge in [-0.2, -0.15) is 0 Å². The number of hydrogen-bond donors (Lipinski definition) is 1. The second-order valence-corrected chi connectivity index (χ2v) is 5.23. The van der Waals surface area contributed by atoms with Gasteiger partial charge in [-0.3, -0.25) is 10.1 Å². The fourth-order valence-corrected chi connectivity index (χ4v) is 2.56. The van der Waals surface area contributed by atoms with Crippen LogP contribution in [-0.2, 0) is 4.74 Å². The lowest BCUT2D eigenvalue weighted by Crippen LogP contribution is -2.31. The van der Waals surface area contributed by atoms with E-state index >= 15 is 0 Å². The molecular formula is C14H18N2O5. The van der Waals surface area contributed by atoms with Crippen molar-refractivity contribution in [3.8, 4) is 0 Å². The van der Waals surface area contributed by atoms with E-state index in [0.717, 1.165) is 25.5 Å². The zero-order valence-electron chi connectivity index (χ0n) is 11.8. The first-order valence-corrected chi connectivity index (χ1v) is 6.79. The van der Waals surface area contributed by atoms with Gasteiger partial charge >= 0.3 is 5.97 Å². The van der Waals surface area contributed by atoms with Gasteiger partial charge in [-0.25, -0.2) is 4.79 Å². The Balaban J connectivity index is 2.20. The number of nitro groups is 1. The van der Waals surface area contributed by atoms with E-state index in [0.29, 0.717) is 24.8 Å². The number of aromatic carboxylic acids is 1. The number of carboxylic acid groups (broad SMARTS) is 1. The number of nitro benzene ring substituents is 1. The number of nitrogens with zero attached hydrogens (tertiary/aromatic N) is 2. The van der Waals surface area contributed by atoms with Gasteiger partial charge in [0, 0.05) is 26.3 Å². The maximum Gasteiger partial charge on any atom is 0.335 e. The Morgan fingerprint density at radius 1 is 1.57 bits per heavy atom. The highest BCUT2D eigenvalue weighted by Crippen LogP contribution is 2.29. The van der Waals surface area contributed by atoms with Gasteiger partial charge in [-0.05, 0) is 30.9 Å². The Morgan fingerprint density at radius 3 is 2.90 bits per heavy atom. The molecule has 1 heterocycles. The highest BCUT2D eigenvalue weighted by molar-refractivity contribution is 5.89. The lowest BCUT2D eigenvalue weighted by Gasteiger charge is -2.28. The molecule has 1 atom stereocenters. The van der Waals surface area contributed by atoms with Gasteiger partial charge in [0.1, 0.15) is 5.69 Å². The first kappa shape index (κ1) is 15.2. The Bertz CT molecular complexity index is 540. The number of carboxylic acids is 1. The van der Waals surface area contributed by atoms with E-state index < -0.39 is 10.9 Å². The summed E-state index contributed by atoms with van der Waals surface area (Å²) in [4.78, 5) is 23.3. The molecule has 1 aliphatic rings. The number of benzene rings is 1. The Labute approximate surface area is 122 Å². The van der Waals surface area contributed by atoms with E-state index in [1.165, 1.54) is 12.1 Å². The van der Waals surface area contributed by atoms with Crippen LogP contribution in [-0.4, -0.2) is 42.8 Å². The summed E-state index contributed by atoms with van der Waals surface area (Å²) in [5.41, 5.74) is 0.157. The molecule has 1 aromatic rings. The van der Waals surface area contributed by atoms with Crippen molar-refractivity contribution in [2.75, 3.05) is 31.7 Å². The van der Waals surface area contributed by atoms with E-state index in [9.17, 15) is 14.9 Å². The van der Waals surface area contributed by atoms with Crippen LogP contribution in [0.25, 0.3) is 0 Å². The molecule has 7 heteroatoms. The lowest BCUT2D eigenvalue weighted by molar-refractivity contribution is -0.384. The van der Waals surface area contributed by atoms with Crippen LogP contribution in [0.1, 0.15) is 23.2 Å². The van der Waals surface area contributed by atoms with Crippen molar-refractivity contribution in [3.05, 3.63) is 33.9 Å². The van der Waals surface area contributed by atoms with E-state index in [1.807, 2.05) is 0 Å². The fraction of sp³-hybridized carbons (Fsp3) is 0.500. The summed E-state index contributed by atoms with van der Waals surface area (Å²) in [5, 5.41) is 20.1. The van der Waals surface area contributed by atoms with Crippen LogP contribution in [0.15, 0.2) is 18.2 Å². The van der Waals surface area contributed by atoms with Crippen LogP contribution in [0.5, 0.6) is 0 Å². The number of hydrogen-bond acceptors (Lipinski definition) is 5. The van der Waals surface area contributed by atoms with Crippen LogP contribution in [0.2, 0.25) is 0 Å². The maximum atomic E-state index is 11.2. The number of anilines is 1. The van der Waals surface area contributed by atoms with Crippen LogP contribution in [0.4, 0.5) is 11.4 Å². The van der Waals surface area contributed by atoms with Crippen molar-refractivity contribution in [3.63, 3.8) is 0 Å². The fourth-order valence-electron chi connectivity index (χ4n) is 2.56. The molecule has 2 rings (SSSR count). The molecule has 1 aromatic carbocycles. The molecule has 21 heavy (non-hydrogen) atoms. The molecule has 0 saturated carbocycles. The summed E-state index contributed by atoms with van der Waals surface area (Å²) >= 11 is 0. The third kappa shape index (κ3) is 3.69. The molecule has 0 aliphatic carbocycles. The van der Waals surface area contributed by atoms with Crippen molar-refractivity contribution in [2.24, 2.45) is 5.92 Å². The van der Waals surface area contributed by atoms with Crippen molar-refractivity contribution in [1.82, 2.24) is 0 Å². The van der Waals surface area contributed by atoms with Gasteiger partial charge in [0.2, 0.25) is 0 Å². The van der Waals surface area contributed by atoms with Crippen molar-refractivity contribution < 1.29 is 19.6 Å². The van der Waals surface area contributed by atoms with Crippen LogP contribution < -0.4 is 4.90 Å². The van der Waals surface area contributed by atoms with Crippen LogP contribution >= 0.6 is 0 Å². The monoisotopic (exact) mass is 294 g/mol.